The van der Waals surface area contributed by atoms with Crippen LogP contribution < -0.4 is 11.1 Å². The van der Waals surface area contributed by atoms with Crippen molar-refractivity contribution in [2.75, 3.05) is 11.1 Å². The molecule has 0 aliphatic carbocycles. The minimum absolute atomic E-state index is 0.0892. The summed E-state index contributed by atoms with van der Waals surface area (Å²) < 4.78 is 0. The topological polar surface area (TPSA) is 75.3 Å². The predicted molar refractivity (Wildman–Crippen MR) is 86.1 cm³/mol. The molecule has 0 unspecified atom stereocenters. The Kier molecular flexibility index (Phi) is 4.28. The van der Waals surface area contributed by atoms with Crippen molar-refractivity contribution in [1.29, 1.82) is 0 Å². The van der Waals surface area contributed by atoms with E-state index in [0.717, 1.165) is 16.7 Å². The molecule has 108 valence electrons. The fraction of sp³-hybridized carbons (Fsp3) is 0.118. The summed E-state index contributed by atoms with van der Waals surface area (Å²) in [6.45, 7) is 3.70. The fourth-order valence-electron chi connectivity index (χ4n) is 2.06. The highest BCUT2D eigenvalue weighted by molar-refractivity contribution is 6.03. The lowest BCUT2D eigenvalue weighted by Crippen LogP contribution is -2.08. The summed E-state index contributed by atoms with van der Waals surface area (Å²) in [6, 6.07) is 10.8. The van der Waals surface area contributed by atoms with Crippen LogP contribution in [-0.2, 0) is 4.79 Å². The van der Waals surface area contributed by atoms with E-state index in [9.17, 15) is 9.90 Å². The van der Waals surface area contributed by atoms with Crippen molar-refractivity contribution in [2.24, 2.45) is 0 Å². The van der Waals surface area contributed by atoms with E-state index in [4.69, 9.17) is 5.73 Å². The van der Waals surface area contributed by atoms with Gasteiger partial charge in [0.25, 0.3) is 0 Å². The normalized spacial score (nSPS) is 10.8. The maximum absolute atomic E-state index is 11.9. The van der Waals surface area contributed by atoms with Crippen molar-refractivity contribution >= 4 is 23.4 Å². The number of carbonyl (C=O) groups is 1. The molecule has 0 aliphatic heterocycles. The van der Waals surface area contributed by atoms with Crippen molar-refractivity contribution in [2.45, 2.75) is 13.8 Å². The molecule has 0 bridgehead atoms. The molecule has 4 nitrogen and oxygen atoms in total. The second kappa shape index (κ2) is 6.13. The van der Waals surface area contributed by atoms with E-state index in [2.05, 4.69) is 5.32 Å². The first-order valence-corrected chi connectivity index (χ1v) is 6.60. The number of aryl methyl sites for hydroxylation is 2. The fourth-order valence-corrected chi connectivity index (χ4v) is 2.06. The van der Waals surface area contributed by atoms with Crippen LogP contribution in [0.2, 0.25) is 0 Å². The summed E-state index contributed by atoms with van der Waals surface area (Å²) in [7, 11) is 0. The summed E-state index contributed by atoms with van der Waals surface area (Å²) in [5, 5.41) is 12.6. The number of hydrogen-bond acceptors (Lipinski definition) is 3. The molecule has 0 atom stereocenters. The first kappa shape index (κ1) is 14.7. The molecule has 0 saturated carbocycles. The van der Waals surface area contributed by atoms with Crippen LogP contribution in [0.3, 0.4) is 0 Å². The van der Waals surface area contributed by atoms with Gasteiger partial charge in [0, 0.05) is 11.8 Å². The molecule has 0 aromatic heterocycles. The lowest BCUT2D eigenvalue weighted by Gasteiger charge is -2.09. The Morgan fingerprint density at radius 2 is 2.00 bits per heavy atom. The van der Waals surface area contributed by atoms with Crippen molar-refractivity contribution in [3.05, 3.63) is 59.2 Å². The number of nitrogen functional groups attached to an aromatic ring is 1. The van der Waals surface area contributed by atoms with Crippen molar-refractivity contribution in [3.8, 4) is 5.75 Å². The molecule has 0 heterocycles. The van der Waals surface area contributed by atoms with Gasteiger partial charge in [-0.15, -0.1) is 0 Å². The zero-order valence-electron chi connectivity index (χ0n) is 12.1. The average Bonchev–Trinajstić information content (AvgIpc) is 2.42. The number of nitrogens with one attached hydrogen (secondary N) is 1. The maximum atomic E-state index is 11.9. The van der Waals surface area contributed by atoms with Crippen LogP contribution in [0, 0.1) is 13.8 Å². The Morgan fingerprint density at radius 1 is 1.24 bits per heavy atom. The predicted octanol–water partition coefficient (Wildman–Crippen LogP) is 3.24. The number of rotatable bonds is 3. The van der Waals surface area contributed by atoms with Gasteiger partial charge in [-0.3, -0.25) is 4.79 Å². The summed E-state index contributed by atoms with van der Waals surface area (Å²) in [5.74, 6) is -0.218. The van der Waals surface area contributed by atoms with E-state index in [-0.39, 0.29) is 11.7 Å². The van der Waals surface area contributed by atoms with Crippen LogP contribution >= 0.6 is 0 Å². The Bertz CT molecular complexity index is 706. The molecular formula is C17H18N2O2. The highest BCUT2D eigenvalue weighted by Gasteiger charge is 2.07. The highest BCUT2D eigenvalue weighted by atomic mass is 16.3. The van der Waals surface area contributed by atoms with Crippen LogP contribution in [0.4, 0.5) is 11.4 Å². The molecular weight excluding hydrogens is 264 g/mol. The summed E-state index contributed by atoms with van der Waals surface area (Å²) >= 11 is 0. The molecule has 4 N–H and O–H groups in total. The van der Waals surface area contributed by atoms with Gasteiger partial charge in [-0.2, -0.15) is 0 Å². The molecule has 0 saturated heterocycles. The molecule has 0 fully saturated rings. The molecule has 0 aliphatic rings. The van der Waals surface area contributed by atoms with Gasteiger partial charge in [0.1, 0.15) is 5.75 Å². The minimum atomic E-state index is -0.308. The molecule has 2 rings (SSSR count). The Balaban J connectivity index is 2.12. The third kappa shape index (κ3) is 3.86. The molecule has 4 heteroatoms. The van der Waals surface area contributed by atoms with E-state index in [1.54, 1.807) is 31.2 Å². The van der Waals surface area contributed by atoms with Crippen LogP contribution in [-0.4, -0.2) is 11.0 Å². The number of phenols is 1. The first-order valence-electron chi connectivity index (χ1n) is 6.60. The molecule has 21 heavy (non-hydrogen) atoms. The number of anilines is 2. The molecule has 0 spiro atoms. The van der Waals surface area contributed by atoms with Gasteiger partial charge < -0.3 is 16.2 Å². The Labute approximate surface area is 123 Å². The second-order valence-corrected chi connectivity index (χ2v) is 4.97. The summed E-state index contributed by atoms with van der Waals surface area (Å²) in [6.07, 6.45) is 3.08. The number of phenolic OH excluding ortho intramolecular Hbond substituents is 1. The van der Waals surface area contributed by atoms with E-state index in [1.807, 2.05) is 25.1 Å². The van der Waals surface area contributed by atoms with Gasteiger partial charge >= 0.3 is 0 Å². The Hall–Kier alpha value is -2.75. The zero-order chi connectivity index (χ0) is 15.4. The lowest BCUT2D eigenvalue weighted by atomic mass is 10.1. The van der Waals surface area contributed by atoms with E-state index < -0.39 is 0 Å². The van der Waals surface area contributed by atoms with Crippen molar-refractivity contribution in [3.63, 3.8) is 0 Å². The second-order valence-electron chi connectivity index (χ2n) is 4.97. The van der Waals surface area contributed by atoms with Crippen LogP contribution in [0.1, 0.15) is 16.7 Å². The third-order valence-corrected chi connectivity index (χ3v) is 3.04. The molecule has 1 amide bonds. The zero-order valence-corrected chi connectivity index (χ0v) is 12.1. The van der Waals surface area contributed by atoms with Crippen molar-refractivity contribution < 1.29 is 9.90 Å². The van der Waals surface area contributed by atoms with E-state index >= 15 is 0 Å². The van der Waals surface area contributed by atoms with Crippen molar-refractivity contribution in [1.82, 2.24) is 0 Å². The van der Waals surface area contributed by atoms with Gasteiger partial charge in [0.05, 0.1) is 5.69 Å². The number of nitrogens with two attached hydrogens (primary N) is 1. The summed E-state index contributed by atoms with van der Waals surface area (Å²) in [5.41, 5.74) is 9.27. The largest absolute Gasteiger partial charge is 0.505 e. The van der Waals surface area contributed by atoms with Gasteiger partial charge in [0.2, 0.25) is 5.91 Å². The van der Waals surface area contributed by atoms with Gasteiger partial charge in [-0.25, -0.2) is 0 Å². The SMILES string of the molecule is Cc1cc(C)c(O)c(NC(=O)/C=C/c2cccc(N)c2)c1. The smallest absolute Gasteiger partial charge is 0.248 e. The number of benzene rings is 2. The number of aromatic hydroxyl groups is 1. The minimum Gasteiger partial charge on any atom is -0.505 e. The van der Waals surface area contributed by atoms with Crippen LogP contribution in [0.15, 0.2) is 42.5 Å². The van der Waals surface area contributed by atoms with Crippen LogP contribution in [0.5, 0.6) is 5.75 Å². The average molecular weight is 282 g/mol. The lowest BCUT2D eigenvalue weighted by molar-refractivity contribution is -0.111. The van der Waals surface area contributed by atoms with Gasteiger partial charge in [0.15, 0.2) is 0 Å². The number of hydrogen-bond donors (Lipinski definition) is 3. The molecule has 2 aromatic carbocycles. The number of carbonyl (C=O) groups excluding carboxylic acids is 1. The van der Waals surface area contributed by atoms with Gasteiger partial charge in [-0.05, 0) is 54.8 Å². The number of amides is 1. The standard InChI is InChI=1S/C17H18N2O2/c1-11-8-12(2)17(21)15(9-11)19-16(20)7-6-13-4-3-5-14(18)10-13/h3-10,21H,18H2,1-2H3,(H,19,20)/b7-6+. The van der Waals surface area contributed by atoms with E-state index in [1.165, 1.54) is 6.08 Å². The highest BCUT2D eigenvalue weighted by Crippen LogP contribution is 2.28. The van der Waals surface area contributed by atoms with E-state index in [0.29, 0.717) is 11.4 Å². The van der Waals surface area contributed by atoms with Gasteiger partial charge in [-0.1, -0.05) is 18.2 Å². The first-order chi connectivity index (χ1) is 9.95. The maximum Gasteiger partial charge on any atom is 0.248 e. The molecule has 0 radical (unpaired) electrons. The van der Waals surface area contributed by atoms with Crippen LogP contribution in [0.25, 0.3) is 6.08 Å². The monoisotopic (exact) mass is 282 g/mol. The Morgan fingerprint density at radius 3 is 2.71 bits per heavy atom. The third-order valence-electron chi connectivity index (χ3n) is 3.04. The summed E-state index contributed by atoms with van der Waals surface area (Å²) in [4.78, 5) is 11.9. The molecule has 2 aromatic rings. The quantitative estimate of drug-likeness (QED) is 0.459.